The predicted octanol–water partition coefficient (Wildman–Crippen LogP) is 2.09. The van der Waals surface area contributed by atoms with Gasteiger partial charge in [-0.05, 0) is 11.5 Å². The first kappa shape index (κ1) is 13.7. The highest BCUT2D eigenvalue weighted by molar-refractivity contribution is 6.70. The second kappa shape index (κ2) is 5.69. The van der Waals surface area contributed by atoms with E-state index in [1.807, 2.05) is 25.8 Å². The molecule has 0 saturated carbocycles. The first-order chi connectivity index (χ1) is 4.72. The maximum atomic E-state index is 12.8. The largest absolute Gasteiger partial charge is 0.269 e. The number of rotatable bonds is 1. The van der Waals surface area contributed by atoms with Crippen molar-refractivity contribution in [2.45, 2.75) is 13.6 Å². The maximum Gasteiger partial charge on any atom is 0.173 e. The van der Waals surface area contributed by atoms with Crippen LogP contribution < -0.4 is 5.46 Å². The number of hydrogen-bond acceptors (Lipinski definition) is 0. The Hall–Kier alpha value is -0.925. The summed E-state index contributed by atoms with van der Waals surface area (Å²) in [6, 6.07) is 6.88. The van der Waals surface area contributed by atoms with Gasteiger partial charge in [0.2, 0.25) is 0 Å². The molecule has 1 rings (SSSR count). The van der Waals surface area contributed by atoms with E-state index in [9.17, 15) is 4.39 Å². The van der Waals surface area contributed by atoms with E-state index < -0.39 is 0 Å². The van der Waals surface area contributed by atoms with Crippen molar-refractivity contribution in [3.63, 3.8) is 0 Å². The molecule has 0 bridgehead atoms. The van der Waals surface area contributed by atoms with Gasteiger partial charge in [-0.25, -0.2) is 4.39 Å². The second-order valence-electron chi connectivity index (χ2n) is 2.68. The molecule has 0 N–H and O–H groups in total. The Kier molecular flexibility index (Phi) is 6.47. The van der Waals surface area contributed by atoms with Gasteiger partial charge in [0, 0.05) is 0 Å². The SMILES string of the molecule is CB(C)c1ccccc1F.F.F. The van der Waals surface area contributed by atoms with Gasteiger partial charge in [-0.1, -0.05) is 31.8 Å². The van der Waals surface area contributed by atoms with Crippen LogP contribution in [-0.4, -0.2) is 6.71 Å². The summed E-state index contributed by atoms with van der Waals surface area (Å²) >= 11 is 0. The molecule has 0 atom stereocenters. The van der Waals surface area contributed by atoms with E-state index in [4.69, 9.17) is 0 Å². The molecule has 68 valence electrons. The molecular formula is C8H12BF3. The first-order valence-corrected chi connectivity index (χ1v) is 3.46. The minimum absolute atomic E-state index is 0. The fraction of sp³-hybridized carbons (Fsp3) is 0.250. The van der Waals surface area contributed by atoms with Crippen LogP contribution in [0.15, 0.2) is 24.3 Å². The summed E-state index contributed by atoms with van der Waals surface area (Å²) in [6.07, 6.45) is 0. The van der Waals surface area contributed by atoms with Crippen molar-refractivity contribution in [2.24, 2.45) is 0 Å². The molecule has 1 aromatic rings. The molecule has 12 heavy (non-hydrogen) atoms. The van der Waals surface area contributed by atoms with E-state index in [1.54, 1.807) is 6.07 Å². The van der Waals surface area contributed by atoms with Crippen LogP contribution in [0.4, 0.5) is 13.8 Å². The van der Waals surface area contributed by atoms with Gasteiger partial charge in [0.05, 0.1) is 0 Å². The molecule has 0 unspecified atom stereocenters. The van der Waals surface area contributed by atoms with E-state index in [-0.39, 0.29) is 21.9 Å². The van der Waals surface area contributed by atoms with Crippen LogP contribution in [0.1, 0.15) is 0 Å². The van der Waals surface area contributed by atoms with Crippen molar-refractivity contribution in [1.82, 2.24) is 0 Å². The van der Waals surface area contributed by atoms with E-state index in [0.29, 0.717) is 0 Å². The Morgan fingerprint density at radius 1 is 1.08 bits per heavy atom. The van der Waals surface area contributed by atoms with Gasteiger partial charge >= 0.3 is 0 Å². The average molecular weight is 176 g/mol. The molecule has 0 aliphatic carbocycles. The average Bonchev–Trinajstić information content (AvgIpc) is 1.88. The predicted molar refractivity (Wildman–Crippen MR) is 48.5 cm³/mol. The zero-order valence-electron chi connectivity index (χ0n) is 7.08. The number of halogens is 3. The Morgan fingerprint density at radius 3 is 1.92 bits per heavy atom. The van der Waals surface area contributed by atoms with Gasteiger partial charge in [0.1, 0.15) is 5.82 Å². The topological polar surface area (TPSA) is 0 Å². The molecule has 0 heterocycles. The summed E-state index contributed by atoms with van der Waals surface area (Å²) in [5.41, 5.74) is 0.794. The molecule has 0 fully saturated rings. The van der Waals surface area contributed by atoms with Crippen LogP contribution in [0.5, 0.6) is 0 Å². The third-order valence-corrected chi connectivity index (χ3v) is 1.53. The quantitative estimate of drug-likeness (QED) is 0.574. The first-order valence-electron chi connectivity index (χ1n) is 3.46. The van der Waals surface area contributed by atoms with Crippen molar-refractivity contribution in [1.29, 1.82) is 0 Å². The second-order valence-corrected chi connectivity index (χ2v) is 2.68. The standard InChI is InChI=1S/C8H10BF.2FH/c1-9(2)7-5-3-4-6-8(7)10;;/h3-6H,1-2H3;2*1H. The van der Waals surface area contributed by atoms with Gasteiger partial charge < -0.3 is 0 Å². The van der Waals surface area contributed by atoms with Crippen LogP contribution in [0, 0.1) is 5.82 Å². The molecule has 0 radical (unpaired) electrons. The molecule has 0 aromatic heterocycles. The van der Waals surface area contributed by atoms with Crippen molar-refractivity contribution in [3.05, 3.63) is 30.1 Å². The lowest BCUT2D eigenvalue weighted by atomic mass is 9.49. The highest BCUT2D eigenvalue weighted by atomic mass is 19.1. The fourth-order valence-corrected chi connectivity index (χ4v) is 0.943. The van der Waals surface area contributed by atoms with Crippen LogP contribution >= 0.6 is 0 Å². The summed E-state index contributed by atoms with van der Waals surface area (Å²) in [5, 5.41) is 0. The van der Waals surface area contributed by atoms with Crippen LogP contribution in [0.2, 0.25) is 13.6 Å². The number of hydrogen-bond donors (Lipinski definition) is 0. The van der Waals surface area contributed by atoms with Crippen molar-refractivity contribution in [2.75, 3.05) is 0 Å². The van der Waals surface area contributed by atoms with E-state index in [1.165, 1.54) is 6.07 Å². The summed E-state index contributed by atoms with van der Waals surface area (Å²) < 4.78 is 12.8. The Labute approximate surface area is 70.6 Å². The Balaban J connectivity index is 0. The summed E-state index contributed by atoms with van der Waals surface area (Å²) in [6.45, 7) is 4.25. The molecule has 1 aromatic carbocycles. The van der Waals surface area contributed by atoms with Gasteiger partial charge in [-0.3, -0.25) is 9.41 Å². The minimum Gasteiger partial charge on any atom is -0.269 e. The van der Waals surface area contributed by atoms with Gasteiger partial charge in [-0.2, -0.15) is 0 Å². The molecule has 0 amide bonds. The molecule has 0 saturated heterocycles. The molecule has 0 nitrogen and oxygen atoms in total. The molecule has 0 aliphatic rings. The Bertz CT molecular complexity index is 225. The Morgan fingerprint density at radius 2 is 1.58 bits per heavy atom. The van der Waals surface area contributed by atoms with Crippen molar-refractivity contribution < 1.29 is 13.8 Å². The molecule has 4 heteroatoms. The lowest BCUT2D eigenvalue weighted by molar-refractivity contribution is 0.635. The third-order valence-electron chi connectivity index (χ3n) is 1.53. The highest BCUT2D eigenvalue weighted by Gasteiger charge is 2.06. The zero-order valence-corrected chi connectivity index (χ0v) is 7.08. The van der Waals surface area contributed by atoms with Crippen LogP contribution in [0.25, 0.3) is 0 Å². The van der Waals surface area contributed by atoms with Crippen molar-refractivity contribution in [3.8, 4) is 0 Å². The van der Waals surface area contributed by atoms with E-state index in [2.05, 4.69) is 0 Å². The lowest BCUT2D eigenvalue weighted by Crippen LogP contribution is -2.25. The highest BCUT2D eigenvalue weighted by Crippen LogP contribution is 1.94. The summed E-state index contributed by atoms with van der Waals surface area (Å²) in [5.74, 6) is -0.0995. The third kappa shape index (κ3) is 2.99. The summed E-state index contributed by atoms with van der Waals surface area (Å²) in [4.78, 5) is 0. The molecular weight excluding hydrogens is 164 g/mol. The van der Waals surface area contributed by atoms with Crippen molar-refractivity contribution >= 4 is 12.2 Å². The monoisotopic (exact) mass is 176 g/mol. The van der Waals surface area contributed by atoms with Gasteiger partial charge in [0.25, 0.3) is 0 Å². The van der Waals surface area contributed by atoms with Gasteiger partial charge in [0.15, 0.2) is 6.71 Å². The fourth-order valence-electron chi connectivity index (χ4n) is 0.943. The molecule has 0 spiro atoms. The van der Waals surface area contributed by atoms with Crippen LogP contribution in [0.3, 0.4) is 0 Å². The lowest BCUT2D eigenvalue weighted by Gasteiger charge is -2.01. The minimum atomic E-state index is -0.0995. The van der Waals surface area contributed by atoms with Crippen LogP contribution in [-0.2, 0) is 0 Å². The molecule has 0 aliphatic heterocycles. The maximum absolute atomic E-state index is 12.8. The number of benzene rings is 1. The van der Waals surface area contributed by atoms with E-state index >= 15 is 0 Å². The normalized spacial score (nSPS) is 7.92. The van der Waals surface area contributed by atoms with Gasteiger partial charge in [-0.15, -0.1) is 0 Å². The smallest absolute Gasteiger partial charge is 0.173 e. The van der Waals surface area contributed by atoms with E-state index in [0.717, 1.165) is 5.46 Å². The summed E-state index contributed by atoms with van der Waals surface area (Å²) in [7, 11) is 0. The zero-order chi connectivity index (χ0) is 7.56.